The van der Waals surface area contributed by atoms with Gasteiger partial charge in [-0.3, -0.25) is 9.98 Å². The van der Waals surface area contributed by atoms with Gasteiger partial charge in [0.25, 0.3) is 5.92 Å². The van der Waals surface area contributed by atoms with Crippen LogP contribution in [0.25, 0.3) is 5.57 Å². The van der Waals surface area contributed by atoms with E-state index in [9.17, 15) is 8.78 Å². The molecule has 0 aromatic heterocycles. The Labute approximate surface area is 333 Å². The van der Waals surface area contributed by atoms with Gasteiger partial charge in [0.1, 0.15) is 0 Å². The molecule has 0 aliphatic heterocycles. The van der Waals surface area contributed by atoms with Crippen LogP contribution in [-0.2, 0) is 6.42 Å². The summed E-state index contributed by atoms with van der Waals surface area (Å²) in [5.74, 6) is 1.60. The number of alkyl halides is 2. The number of halogens is 2. The third-order valence-electron chi connectivity index (χ3n) is 7.66. The number of unbranched alkanes of at least 4 members (excludes halogenated alkanes) is 1. The van der Waals surface area contributed by atoms with Crippen molar-refractivity contribution in [2.75, 3.05) is 7.05 Å². The summed E-state index contributed by atoms with van der Waals surface area (Å²) in [6.45, 7) is 39.7. The van der Waals surface area contributed by atoms with Crippen LogP contribution in [0.15, 0.2) is 87.9 Å². The number of aryl methyl sites for hydroxylation is 2. The second kappa shape index (κ2) is 32.4. The van der Waals surface area contributed by atoms with Crippen molar-refractivity contribution in [1.29, 1.82) is 0 Å². The van der Waals surface area contributed by atoms with Gasteiger partial charge >= 0.3 is 0 Å². The zero-order valence-corrected chi connectivity index (χ0v) is 37.7. The van der Waals surface area contributed by atoms with Crippen molar-refractivity contribution < 1.29 is 8.78 Å². The first-order valence-electron chi connectivity index (χ1n) is 19.3. The van der Waals surface area contributed by atoms with Gasteiger partial charge in [-0.1, -0.05) is 121 Å². The van der Waals surface area contributed by atoms with Crippen LogP contribution >= 0.6 is 0 Å². The van der Waals surface area contributed by atoms with E-state index >= 15 is 0 Å². The molecule has 0 radical (unpaired) electrons. The van der Waals surface area contributed by atoms with Crippen LogP contribution in [0.1, 0.15) is 153 Å². The summed E-state index contributed by atoms with van der Waals surface area (Å²) in [4.78, 5) is 8.71. The molecule has 0 amide bonds. The lowest BCUT2D eigenvalue weighted by molar-refractivity contribution is -0.0203. The van der Waals surface area contributed by atoms with Gasteiger partial charge in [0.2, 0.25) is 0 Å². The molecule has 2 nitrogen and oxygen atoms in total. The third-order valence-corrected chi connectivity index (χ3v) is 7.66. The van der Waals surface area contributed by atoms with E-state index in [2.05, 4.69) is 129 Å². The van der Waals surface area contributed by atoms with Crippen LogP contribution in [0.2, 0.25) is 0 Å². The Bertz CT molecular complexity index is 1500. The van der Waals surface area contributed by atoms with E-state index in [0.29, 0.717) is 6.42 Å². The number of aliphatic imine (C=N–C) groups is 2. The second-order valence-electron chi connectivity index (χ2n) is 14.6. The van der Waals surface area contributed by atoms with E-state index in [4.69, 9.17) is 6.42 Å². The van der Waals surface area contributed by atoms with Crippen molar-refractivity contribution in [2.45, 2.75) is 155 Å². The van der Waals surface area contributed by atoms with Gasteiger partial charge in [0, 0.05) is 35.9 Å². The molecule has 1 aromatic rings. The Hall–Kier alpha value is -4.02. The largest absolute Gasteiger partial charge is 0.293 e. The summed E-state index contributed by atoms with van der Waals surface area (Å²) in [7, 11) is 1.85. The van der Waals surface area contributed by atoms with E-state index in [0.717, 1.165) is 59.9 Å². The molecule has 1 unspecified atom stereocenters. The van der Waals surface area contributed by atoms with Crippen LogP contribution in [0.5, 0.6) is 0 Å². The maximum atomic E-state index is 12.7. The van der Waals surface area contributed by atoms with Crippen molar-refractivity contribution in [3.8, 4) is 24.7 Å². The lowest BCUT2D eigenvalue weighted by Gasteiger charge is -2.21. The molecule has 1 aliphatic carbocycles. The zero-order valence-electron chi connectivity index (χ0n) is 37.7. The topological polar surface area (TPSA) is 24.7 Å². The molecule has 4 heteroatoms. The minimum Gasteiger partial charge on any atom is -0.293 e. The Morgan fingerprint density at radius 2 is 1.52 bits per heavy atom. The fraction of sp³-hybridized carbons (Fsp3) is 0.520. The Balaban J connectivity index is -0.000000298. The molecule has 1 atom stereocenters. The molecule has 0 N–H and O–H groups in total. The lowest BCUT2D eigenvalue weighted by Crippen LogP contribution is -2.23. The Kier molecular flexibility index (Phi) is 34.0. The number of terminal acetylenes is 2. The maximum absolute atomic E-state index is 12.7. The number of nitrogens with zero attached hydrogens (tertiary/aromatic N) is 2. The monoisotopic (exact) mass is 745 g/mol. The number of benzene rings is 1. The standard InChI is InChI=1S/C14H19N.C13H23N.C9H12F2.C7H10.C4H10.C3H4/c1-6-12-9-14(15-7-2)13(10(3)4)8-11(12)5;1-10(2)8-11(3)9-12(14-7)13(4,5)6;1-7-4-3-5-8(6-7)9(2,10)11;1-4-6-7(3)5-2;1-3-4-2;1-3-2/h7-9H,3,6H2,1-2,4-5H3;9H,1,8H2,2-7H3;3-4,6,8H,5H2,1-2H3;2,6H,4H2,1,3H3;3-4H2,1-2H3;1H,2H3/b;11-9+,14-12?;;7-6-;;. The van der Waals surface area contributed by atoms with Crippen LogP contribution in [-0.4, -0.2) is 24.9 Å². The number of hydrogen-bond donors (Lipinski definition) is 0. The first kappa shape index (κ1) is 56.7. The molecule has 0 heterocycles. The van der Waals surface area contributed by atoms with Crippen LogP contribution < -0.4 is 0 Å². The van der Waals surface area contributed by atoms with E-state index in [1.165, 1.54) is 35.1 Å². The quantitative estimate of drug-likeness (QED) is 0.137. The molecule has 1 aromatic carbocycles. The minimum atomic E-state index is -2.58. The SMILES string of the molecule is C#C/C(C)=C\CC.C#CC.C=C(C)C/C(C)=C/C(=NC)C(C)(C)C.C=C(C)c1cc(C)c(CC)cc1N=CC.CC1=CC(C(C)(F)F)CC=C1.CCCC. The zero-order chi connectivity index (χ0) is 43.1. The molecule has 0 bridgehead atoms. The van der Waals surface area contributed by atoms with Gasteiger partial charge in [0.15, 0.2) is 0 Å². The minimum absolute atomic E-state index is 0.130. The van der Waals surface area contributed by atoms with E-state index in [1.807, 2.05) is 53.1 Å². The van der Waals surface area contributed by atoms with Gasteiger partial charge in [-0.05, 0) is 128 Å². The predicted molar refractivity (Wildman–Crippen MR) is 245 cm³/mol. The van der Waals surface area contributed by atoms with E-state index in [-0.39, 0.29) is 5.41 Å². The highest BCUT2D eigenvalue weighted by atomic mass is 19.3. The number of hydrogen-bond acceptors (Lipinski definition) is 2. The van der Waals surface area contributed by atoms with Crippen molar-refractivity contribution >= 4 is 23.2 Å². The summed E-state index contributed by atoms with van der Waals surface area (Å²) >= 11 is 0. The first-order valence-corrected chi connectivity index (χ1v) is 19.3. The van der Waals surface area contributed by atoms with Crippen molar-refractivity contribution in [3.05, 3.63) is 94.7 Å². The van der Waals surface area contributed by atoms with Crippen molar-refractivity contribution in [1.82, 2.24) is 0 Å². The summed E-state index contributed by atoms with van der Waals surface area (Å²) in [5.41, 5.74) is 11.7. The Morgan fingerprint density at radius 3 is 1.81 bits per heavy atom. The average molecular weight is 745 g/mol. The number of allylic oxidation sites excluding steroid dienone is 10. The fourth-order valence-corrected chi connectivity index (χ4v) is 4.65. The average Bonchev–Trinajstić information content (AvgIpc) is 3.08. The molecule has 0 saturated carbocycles. The molecular formula is C50H78F2N2. The van der Waals surface area contributed by atoms with Crippen LogP contribution in [0.4, 0.5) is 14.5 Å². The van der Waals surface area contributed by atoms with Crippen LogP contribution in [0, 0.1) is 42.9 Å². The van der Waals surface area contributed by atoms with E-state index in [1.54, 1.807) is 19.1 Å². The summed E-state index contributed by atoms with van der Waals surface area (Å²) < 4.78 is 25.4. The van der Waals surface area contributed by atoms with Gasteiger partial charge in [-0.15, -0.1) is 18.8 Å². The molecule has 302 valence electrons. The highest BCUT2D eigenvalue weighted by molar-refractivity contribution is 5.99. The third kappa shape index (κ3) is 30.4. The molecule has 0 spiro atoms. The molecule has 0 fully saturated rings. The van der Waals surface area contributed by atoms with Gasteiger partial charge in [0.05, 0.1) is 5.69 Å². The molecule has 1 aliphatic rings. The second-order valence-corrected chi connectivity index (χ2v) is 14.6. The van der Waals surface area contributed by atoms with Gasteiger partial charge in [-0.25, -0.2) is 8.78 Å². The predicted octanol–water partition coefficient (Wildman–Crippen LogP) is 15.9. The normalized spacial score (nSPS) is 14.0. The molecule has 0 saturated heterocycles. The number of rotatable bonds is 9. The van der Waals surface area contributed by atoms with Gasteiger partial charge in [-0.2, -0.15) is 0 Å². The summed E-state index contributed by atoms with van der Waals surface area (Å²) in [5, 5.41) is 0. The molecular weight excluding hydrogens is 667 g/mol. The smallest absolute Gasteiger partial charge is 0.251 e. The highest BCUT2D eigenvalue weighted by Gasteiger charge is 2.32. The van der Waals surface area contributed by atoms with Crippen molar-refractivity contribution in [2.24, 2.45) is 21.3 Å². The van der Waals surface area contributed by atoms with Crippen LogP contribution in [0.3, 0.4) is 0 Å². The Morgan fingerprint density at radius 1 is 0.981 bits per heavy atom. The lowest BCUT2D eigenvalue weighted by atomic mass is 9.88. The fourth-order valence-electron chi connectivity index (χ4n) is 4.65. The highest BCUT2D eigenvalue weighted by Crippen LogP contribution is 2.31. The maximum Gasteiger partial charge on any atom is 0.251 e. The van der Waals surface area contributed by atoms with Crippen molar-refractivity contribution in [3.63, 3.8) is 0 Å². The van der Waals surface area contributed by atoms with E-state index < -0.39 is 11.8 Å². The summed E-state index contributed by atoms with van der Waals surface area (Å²) in [6, 6.07) is 4.35. The first-order chi connectivity index (χ1) is 25.0. The van der Waals surface area contributed by atoms with Gasteiger partial charge < -0.3 is 0 Å². The summed E-state index contributed by atoms with van der Waals surface area (Å²) in [6.07, 6.45) is 27.1. The molecule has 54 heavy (non-hydrogen) atoms. The molecule has 2 rings (SSSR count).